The molecule has 0 bridgehead atoms. The van der Waals surface area contributed by atoms with Crippen molar-refractivity contribution in [2.45, 2.75) is 63.7 Å². The first-order valence-electron chi connectivity index (χ1n) is 11.6. The molecule has 0 radical (unpaired) electrons. The fourth-order valence-corrected chi connectivity index (χ4v) is 4.10. The molecule has 2 aromatic rings. The van der Waals surface area contributed by atoms with Crippen LogP contribution in [0.1, 0.15) is 74.8 Å². The van der Waals surface area contributed by atoms with Gasteiger partial charge in [0, 0.05) is 25.6 Å². The highest BCUT2D eigenvalue weighted by Gasteiger charge is 2.13. The lowest BCUT2D eigenvalue weighted by Gasteiger charge is -2.20. The maximum absolute atomic E-state index is 4.82. The molecule has 3 heteroatoms. The van der Waals surface area contributed by atoms with Crippen LogP contribution in [0.15, 0.2) is 65.7 Å². The summed E-state index contributed by atoms with van der Waals surface area (Å²) in [6.45, 7) is 2.86. The minimum atomic E-state index is 0.403. The van der Waals surface area contributed by atoms with Crippen LogP contribution in [0.25, 0.3) is 0 Å². The lowest BCUT2D eigenvalue weighted by Crippen LogP contribution is -2.39. The molecule has 1 heterocycles. The molecule has 0 fully saturated rings. The van der Waals surface area contributed by atoms with Crippen molar-refractivity contribution in [2.24, 2.45) is 4.99 Å². The Morgan fingerprint density at radius 2 is 1.28 bits per heavy atom. The van der Waals surface area contributed by atoms with E-state index in [1.165, 1.54) is 62.5 Å². The third-order valence-corrected chi connectivity index (χ3v) is 5.78. The largest absolute Gasteiger partial charge is 0.356 e. The summed E-state index contributed by atoms with van der Waals surface area (Å²) in [4.78, 5) is 4.82. The van der Waals surface area contributed by atoms with E-state index >= 15 is 0 Å². The van der Waals surface area contributed by atoms with Gasteiger partial charge in [-0.3, -0.25) is 4.99 Å². The van der Waals surface area contributed by atoms with E-state index in [-0.39, 0.29) is 0 Å². The topological polar surface area (TPSA) is 36.4 Å². The van der Waals surface area contributed by atoms with Gasteiger partial charge >= 0.3 is 0 Å². The Hall–Kier alpha value is -2.29. The predicted octanol–water partition coefficient (Wildman–Crippen LogP) is 5.88. The standard InChI is InChI=1S/C26H37N3/c1-2-4-6-14-21-28-26(27-20-13-5-3-1)29-22-19-25(23-15-9-7-10-16-23)24-17-11-8-12-18-24/h7-12,15-18,25H,1-6,13-14,19-22H2,(H2,27,28,29). The quantitative estimate of drug-likeness (QED) is 0.668. The van der Waals surface area contributed by atoms with E-state index in [1.54, 1.807) is 0 Å². The summed E-state index contributed by atoms with van der Waals surface area (Å²) in [5, 5.41) is 7.15. The van der Waals surface area contributed by atoms with Gasteiger partial charge in [0.15, 0.2) is 5.96 Å². The Balaban J connectivity index is 1.57. The number of nitrogens with one attached hydrogen (secondary N) is 2. The maximum Gasteiger partial charge on any atom is 0.191 e. The highest BCUT2D eigenvalue weighted by atomic mass is 15.2. The van der Waals surface area contributed by atoms with Crippen molar-refractivity contribution in [1.29, 1.82) is 0 Å². The first-order valence-corrected chi connectivity index (χ1v) is 11.6. The smallest absolute Gasteiger partial charge is 0.191 e. The van der Waals surface area contributed by atoms with Gasteiger partial charge in [-0.25, -0.2) is 0 Å². The molecule has 0 amide bonds. The summed E-state index contributed by atoms with van der Waals surface area (Å²) in [5.74, 6) is 1.39. The fraction of sp³-hybridized carbons (Fsp3) is 0.500. The van der Waals surface area contributed by atoms with E-state index in [0.29, 0.717) is 5.92 Å². The molecule has 1 aliphatic heterocycles. The van der Waals surface area contributed by atoms with Gasteiger partial charge in [-0.1, -0.05) is 99.2 Å². The zero-order chi connectivity index (χ0) is 20.0. The van der Waals surface area contributed by atoms with Crippen LogP contribution in [0.2, 0.25) is 0 Å². The van der Waals surface area contributed by atoms with Crippen molar-refractivity contribution >= 4 is 5.96 Å². The van der Waals surface area contributed by atoms with E-state index in [9.17, 15) is 0 Å². The second-order valence-electron chi connectivity index (χ2n) is 8.07. The SMILES string of the molecule is c1ccc(C(CCNC2=NCCCCCCCCCCN2)c2ccccc2)cc1. The average molecular weight is 392 g/mol. The van der Waals surface area contributed by atoms with Crippen LogP contribution in [0.5, 0.6) is 0 Å². The highest BCUT2D eigenvalue weighted by molar-refractivity contribution is 5.79. The van der Waals surface area contributed by atoms with Gasteiger partial charge in [-0.05, 0) is 30.4 Å². The zero-order valence-corrected chi connectivity index (χ0v) is 17.8. The minimum Gasteiger partial charge on any atom is -0.356 e. The summed E-state index contributed by atoms with van der Waals surface area (Å²) < 4.78 is 0. The maximum atomic E-state index is 4.82. The molecule has 0 saturated heterocycles. The van der Waals surface area contributed by atoms with Crippen LogP contribution >= 0.6 is 0 Å². The molecule has 1 aliphatic rings. The average Bonchev–Trinajstić information content (AvgIpc) is 2.80. The van der Waals surface area contributed by atoms with Crippen LogP contribution in [-0.2, 0) is 0 Å². The number of hydrogen-bond donors (Lipinski definition) is 2. The normalized spacial score (nSPS) is 16.7. The summed E-state index contributed by atoms with van der Waals surface area (Å²) in [5.41, 5.74) is 2.76. The van der Waals surface area contributed by atoms with Gasteiger partial charge < -0.3 is 10.6 Å². The Morgan fingerprint density at radius 3 is 1.90 bits per heavy atom. The van der Waals surface area contributed by atoms with Crippen molar-refractivity contribution < 1.29 is 0 Å². The van der Waals surface area contributed by atoms with E-state index in [0.717, 1.165) is 32.0 Å². The van der Waals surface area contributed by atoms with Crippen molar-refractivity contribution in [3.8, 4) is 0 Å². The number of nitrogens with zero attached hydrogens (tertiary/aromatic N) is 1. The second-order valence-corrected chi connectivity index (χ2v) is 8.07. The van der Waals surface area contributed by atoms with E-state index in [2.05, 4.69) is 71.3 Å². The molecule has 0 aromatic heterocycles. The lowest BCUT2D eigenvalue weighted by molar-refractivity contribution is 0.571. The fourth-order valence-electron chi connectivity index (χ4n) is 4.10. The van der Waals surface area contributed by atoms with Gasteiger partial charge in [0.1, 0.15) is 0 Å². The molecule has 0 spiro atoms. The number of guanidine groups is 1. The van der Waals surface area contributed by atoms with E-state index in [1.807, 2.05) is 0 Å². The first-order chi connectivity index (χ1) is 14.4. The Labute approximate surface area is 177 Å². The van der Waals surface area contributed by atoms with Crippen LogP contribution in [0, 0.1) is 0 Å². The summed E-state index contributed by atoms with van der Waals surface area (Å²) >= 11 is 0. The van der Waals surface area contributed by atoms with Gasteiger partial charge in [-0.15, -0.1) is 0 Å². The Morgan fingerprint density at radius 1 is 0.724 bits per heavy atom. The Bertz CT molecular complexity index is 657. The highest BCUT2D eigenvalue weighted by Crippen LogP contribution is 2.27. The predicted molar refractivity (Wildman–Crippen MR) is 125 cm³/mol. The zero-order valence-electron chi connectivity index (χ0n) is 17.8. The van der Waals surface area contributed by atoms with E-state index in [4.69, 9.17) is 4.99 Å². The molecular weight excluding hydrogens is 354 g/mol. The number of hydrogen-bond acceptors (Lipinski definition) is 3. The van der Waals surface area contributed by atoms with Gasteiger partial charge in [0.05, 0.1) is 0 Å². The van der Waals surface area contributed by atoms with Gasteiger partial charge in [0.25, 0.3) is 0 Å². The summed E-state index contributed by atoms with van der Waals surface area (Å²) in [7, 11) is 0. The van der Waals surface area contributed by atoms with Crippen LogP contribution < -0.4 is 10.6 Å². The molecule has 2 aromatic carbocycles. The second kappa shape index (κ2) is 13.0. The molecule has 29 heavy (non-hydrogen) atoms. The van der Waals surface area contributed by atoms with Crippen molar-refractivity contribution in [3.05, 3.63) is 71.8 Å². The third-order valence-electron chi connectivity index (χ3n) is 5.78. The molecule has 0 saturated carbocycles. The molecule has 0 unspecified atom stereocenters. The Kier molecular flexibility index (Phi) is 9.62. The molecule has 156 valence electrons. The monoisotopic (exact) mass is 391 g/mol. The molecule has 0 aliphatic carbocycles. The van der Waals surface area contributed by atoms with Crippen molar-refractivity contribution in [1.82, 2.24) is 10.6 Å². The van der Waals surface area contributed by atoms with Gasteiger partial charge in [0.2, 0.25) is 0 Å². The van der Waals surface area contributed by atoms with Crippen molar-refractivity contribution in [2.75, 3.05) is 19.6 Å². The first kappa shape index (κ1) is 21.4. The summed E-state index contributed by atoms with van der Waals surface area (Å²) in [6, 6.07) is 21.7. The lowest BCUT2D eigenvalue weighted by atomic mass is 9.88. The molecule has 3 nitrogen and oxygen atoms in total. The number of rotatable bonds is 5. The van der Waals surface area contributed by atoms with Crippen LogP contribution in [0.3, 0.4) is 0 Å². The summed E-state index contributed by atoms with van der Waals surface area (Å²) in [6.07, 6.45) is 11.6. The number of aliphatic imine (C=N–C) groups is 1. The van der Waals surface area contributed by atoms with E-state index < -0.39 is 0 Å². The molecule has 2 N–H and O–H groups in total. The third kappa shape index (κ3) is 7.92. The van der Waals surface area contributed by atoms with Crippen LogP contribution in [-0.4, -0.2) is 25.6 Å². The molecule has 0 atom stereocenters. The minimum absolute atomic E-state index is 0.403. The number of benzene rings is 2. The van der Waals surface area contributed by atoms with Crippen LogP contribution in [0.4, 0.5) is 0 Å². The molecule has 3 rings (SSSR count). The van der Waals surface area contributed by atoms with Crippen molar-refractivity contribution in [3.63, 3.8) is 0 Å². The molecular formula is C26H37N3. The van der Waals surface area contributed by atoms with Gasteiger partial charge in [-0.2, -0.15) is 0 Å².